The molecule has 1 aromatic rings. The molecule has 7 heteroatoms. The average Bonchev–Trinajstić information content (AvgIpc) is 2.28. The van der Waals surface area contributed by atoms with E-state index < -0.39 is 11.0 Å². The van der Waals surface area contributed by atoms with Gasteiger partial charge in [-0.3, -0.25) is 15.0 Å². The van der Waals surface area contributed by atoms with Gasteiger partial charge in [0, 0.05) is 11.6 Å². The third-order valence-corrected chi connectivity index (χ3v) is 2.08. The van der Waals surface area contributed by atoms with Crippen LogP contribution in [-0.4, -0.2) is 27.6 Å². The lowest BCUT2D eigenvalue weighted by atomic mass is 10.1. The Morgan fingerprint density at radius 2 is 2.18 bits per heavy atom. The Labute approximate surface area is 96.7 Å². The number of carboxylic acid groups (broad SMARTS) is 1. The summed E-state index contributed by atoms with van der Waals surface area (Å²) in [6.07, 6.45) is -1.29. The number of benzene rings is 1. The molecule has 1 amide bonds. The minimum absolute atomic E-state index is 0.156. The molecule has 17 heavy (non-hydrogen) atoms. The second kappa shape index (κ2) is 5.46. The summed E-state index contributed by atoms with van der Waals surface area (Å²) < 4.78 is 0. The van der Waals surface area contributed by atoms with Crippen molar-refractivity contribution in [2.24, 2.45) is 0 Å². The largest absolute Gasteiger partial charge is 0.465 e. The van der Waals surface area contributed by atoms with Crippen LogP contribution >= 0.6 is 0 Å². The maximum Gasteiger partial charge on any atom is 0.408 e. The number of nitro groups is 1. The highest BCUT2D eigenvalue weighted by Gasteiger charge is 2.18. The van der Waals surface area contributed by atoms with Gasteiger partial charge >= 0.3 is 6.09 Å². The zero-order valence-electron chi connectivity index (χ0n) is 8.74. The van der Waals surface area contributed by atoms with Crippen LogP contribution in [0, 0.1) is 21.4 Å². The first-order valence-electron chi connectivity index (χ1n) is 4.63. The fourth-order valence-electron chi connectivity index (χ4n) is 1.30. The van der Waals surface area contributed by atoms with E-state index in [-0.39, 0.29) is 24.3 Å². The summed E-state index contributed by atoms with van der Waals surface area (Å²) in [4.78, 5) is 21.7. The number of amides is 1. The van der Waals surface area contributed by atoms with E-state index in [4.69, 9.17) is 10.4 Å². The van der Waals surface area contributed by atoms with Crippen molar-refractivity contribution in [1.29, 1.82) is 5.26 Å². The number of nitriles is 1. The van der Waals surface area contributed by atoms with Gasteiger partial charge in [-0.05, 0) is 0 Å². The number of para-hydroxylation sites is 1. The van der Waals surface area contributed by atoms with Crippen LogP contribution in [0.5, 0.6) is 0 Å². The second-order valence-electron chi connectivity index (χ2n) is 3.18. The van der Waals surface area contributed by atoms with Crippen LogP contribution in [0.2, 0.25) is 0 Å². The molecule has 0 atom stereocenters. The average molecular weight is 235 g/mol. The highest BCUT2D eigenvalue weighted by atomic mass is 16.6. The molecular formula is C10H9N3O4. The lowest BCUT2D eigenvalue weighted by Gasteiger charge is -2.15. The third kappa shape index (κ3) is 3.17. The monoisotopic (exact) mass is 235 g/mol. The van der Waals surface area contributed by atoms with Crippen molar-refractivity contribution in [2.75, 3.05) is 6.54 Å². The Kier molecular flexibility index (Phi) is 4.00. The van der Waals surface area contributed by atoms with Crippen molar-refractivity contribution in [3.63, 3.8) is 0 Å². The first-order valence-corrected chi connectivity index (χ1v) is 4.63. The summed E-state index contributed by atoms with van der Waals surface area (Å²) in [5.41, 5.74) is 0.104. The van der Waals surface area contributed by atoms with E-state index in [1.165, 1.54) is 18.2 Å². The van der Waals surface area contributed by atoms with E-state index in [1.807, 2.05) is 0 Å². The quantitative estimate of drug-likeness (QED) is 0.484. The number of carbonyl (C=O) groups is 1. The Balaban J connectivity index is 2.97. The lowest BCUT2D eigenvalue weighted by molar-refractivity contribution is -0.385. The van der Waals surface area contributed by atoms with Crippen molar-refractivity contribution in [3.8, 4) is 6.07 Å². The van der Waals surface area contributed by atoms with Gasteiger partial charge < -0.3 is 5.11 Å². The van der Waals surface area contributed by atoms with E-state index in [0.29, 0.717) is 0 Å². The van der Waals surface area contributed by atoms with Crippen molar-refractivity contribution in [3.05, 3.63) is 39.9 Å². The van der Waals surface area contributed by atoms with Gasteiger partial charge in [-0.2, -0.15) is 5.26 Å². The second-order valence-corrected chi connectivity index (χ2v) is 3.18. The number of nitro benzene ring substituents is 1. The van der Waals surface area contributed by atoms with Gasteiger partial charge in [0.25, 0.3) is 5.69 Å². The van der Waals surface area contributed by atoms with Crippen LogP contribution < -0.4 is 0 Å². The molecule has 88 valence electrons. The standard InChI is InChI=1S/C10H9N3O4/c11-5-6-12(10(14)15)7-8-3-1-2-4-9(8)13(16)17/h1-4H,6-7H2,(H,14,15). The fourth-order valence-corrected chi connectivity index (χ4v) is 1.30. The number of rotatable bonds is 4. The molecule has 7 nitrogen and oxygen atoms in total. The zero-order chi connectivity index (χ0) is 12.8. The lowest BCUT2D eigenvalue weighted by Crippen LogP contribution is -2.29. The van der Waals surface area contributed by atoms with Crippen molar-refractivity contribution in [2.45, 2.75) is 6.54 Å². The van der Waals surface area contributed by atoms with E-state index >= 15 is 0 Å². The SMILES string of the molecule is N#CCN(Cc1ccccc1[N+](=O)[O-])C(=O)O. The number of hydrogen-bond acceptors (Lipinski definition) is 4. The summed E-state index contributed by atoms with van der Waals surface area (Å²) >= 11 is 0. The summed E-state index contributed by atoms with van der Waals surface area (Å²) in [5.74, 6) is 0. The molecule has 0 fully saturated rings. The highest BCUT2D eigenvalue weighted by Crippen LogP contribution is 2.19. The molecule has 0 unspecified atom stereocenters. The van der Waals surface area contributed by atoms with Crippen molar-refractivity contribution >= 4 is 11.8 Å². The van der Waals surface area contributed by atoms with Gasteiger partial charge in [0.1, 0.15) is 6.54 Å². The molecule has 0 saturated heterocycles. The van der Waals surface area contributed by atoms with Gasteiger partial charge in [0.2, 0.25) is 0 Å². The number of hydrogen-bond donors (Lipinski definition) is 1. The number of nitrogens with zero attached hydrogens (tertiary/aromatic N) is 3. The van der Waals surface area contributed by atoms with E-state index in [9.17, 15) is 14.9 Å². The molecule has 0 aliphatic rings. The van der Waals surface area contributed by atoms with E-state index in [0.717, 1.165) is 4.90 Å². The maximum atomic E-state index is 10.8. The molecule has 0 heterocycles. The minimum atomic E-state index is -1.29. The molecule has 1 N–H and O–H groups in total. The highest BCUT2D eigenvalue weighted by molar-refractivity contribution is 5.65. The summed E-state index contributed by atoms with van der Waals surface area (Å²) in [7, 11) is 0. The molecule has 1 aromatic carbocycles. The normalized spacial score (nSPS) is 9.35. The molecule has 0 saturated carbocycles. The van der Waals surface area contributed by atoms with Crippen molar-refractivity contribution < 1.29 is 14.8 Å². The Morgan fingerprint density at radius 3 is 2.71 bits per heavy atom. The summed E-state index contributed by atoms with van der Waals surface area (Å²) in [6, 6.07) is 7.53. The fraction of sp³-hybridized carbons (Fsp3) is 0.200. The van der Waals surface area contributed by atoms with Crippen LogP contribution in [0.3, 0.4) is 0 Å². The van der Waals surface area contributed by atoms with Gasteiger partial charge in [-0.1, -0.05) is 18.2 Å². The molecule has 0 aliphatic carbocycles. The van der Waals surface area contributed by atoms with Gasteiger partial charge in [0.05, 0.1) is 17.5 Å². The Bertz CT molecular complexity index is 481. The van der Waals surface area contributed by atoms with Gasteiger partial charge in [-0.25, -0.2) is 4.79 Å². The van der Waals surface area contributed by atoms with Crippen LogP contribution in [0.25, 0.3) is 0 Å². The smallest absolute Gasteiger partial charge is 0.408 e. The summed E-state index contributed by atoms with van der Waals surface area (Å²) in [5, 5.41) is 28.0. The molecule has 0 spiro atoms. The molecule has 1 rings (SSSR count). The van der Waals surface area contributed by atoms with Crippen LogP contribution in [0.15, 0.2) is 24.3 Å². The molecule has 0 bridgehead atoms. The van der Waals surface area contributed by atoms with Crippen LogP contribution in [0.1, 0.15) is 5.56 Å². The predicted octanol–water partition coefficient (Wildman–Crippen LogP) is 1.60. The summed E-state index contributed by atoms with van der Waals surface area (Å²) in [6.45, 7) is -0.512. The van der Waals surface area contributed by atoms with Crippen molar-refractivity contribution in [1.82, 2.24) is 4.90 Å². The topological polar surface area (TPSA) is 107 Å². The van der Waals surface area contributed by atoms with Gasteiger partial charge in [0.15, 0.2) is 0 Å². The van der Waals surface area contributed by atoms with Crippen LogP contribution in [0.4, 0.5) is 10.5 Å². The third-order valence-electron chi connectivity index (χ3n) is 2.08. The zero-order valence-corrected chi connectivity index (χ0v) is 8.74. The Morgan fingerprint density at radius 1 is 1.53 bits per heavy atom. The van der Waals surface area contributed by atoms with Gasteiger partial charge in [-0.15, -0.1) is 0 Å². The van der Waals surface area contributed by atoms with Crippen LogP contribution in [-0.2, 0) is 6.54 Å². The van der Waals surface area contributed by atoms with E-state index in [2.05, 4.69) is 0 Å². The molecule has 0 radical (unpaired) electrons. The first kappa shape index (κ1) is 12.4. The molecule has 0 aromatic heterocycles. The molecular weight excluding hydrogens is 226 g/mol. The van der Waals surface area contributed by atoms with E-state index in [1.54, 1.807) is 12.1 Å². The molecule has 0 aliphatic heterocycles. The minimum Gasteiger partial charge on any atom is -0.465 e. The Hall–Kier alpha value is -2.62. The predicted molar refractivity (Wildman–Crippen MR) is 57.1 cm³/mol. The first-order chi connectivity index (χ1) is 8.06. The maximum absolute atomic E-state index is 10.8.